The normalized spacial score (nSPS) is 14.1. The van der Waals surface area contributed by atoms with E-state index in [0.717, 1.165) is 22.4 Å². The molecule has 0 atom stereocenters. The number of benzene rings is 2. The first-order valence-electron chi connectivity index (χ1n) is 8.38. The summed E-state index contributed by atoms with van der Waals surface area (Å²) < 4.78 is 28.8. The van der Waals surface area contributed by atoms with Gasteiger partial charge in [0.15, 0.2) is 5.84 Å². The summed E-state index contributed by atoms with van der Waals surface area (Å²) in [6.07, 6.45) is 0. The third-order valence-electron chi connectivity index (χ3n) is 4.41. The van der Waals surface area contributed by atoms with Crippen LogP contribution in [0.1, 0.15) is 22.5 Å². The Morgan fingerprint density at radius 2 is 1.96 bits per heavy atom. The molecule has 0 saturated carbocycles. The highest BCUT2D eigenvalue weighted by Gasteiger charge is 2.32. The summed E-state index contributed by atoms with van der Waals surface area (Å²) in [6, 6.07) is 11.7. The summed E-state index contributed by atoms with van der Waals surface area (Å²) in [4.78, 5) is 16.7. The number of rotatable bonds is 3. The van der Waals surface area contributed by atoms with Crippen LogP contribution < -0.4 is 5.32 Å². The summed E-state index contributed by atoms with van der Waals surface area (Å²) in [5.74, 6) is -1.18. The lowest BCUT2D eigenvalue weighted by molar-refractivity contribution is 0.246. The topological polar surface area (TPSA) is 83.1 Å². The van der Waals surface area contributed by atoms with Crippen molar-refractivity contribution in [1.82, 2.24) is 15.1 Å². The number of halogens is 2. The second kappa shape index (κ2) is 6.70. The van der Waals surface area contributed by atoms with Crippen LogP contribution >= 0.6 is 0 Å². The second-order valence-electron chi connectivity index (χ2n) is 6.25. The number of nitrogens with one attached hydrogen (secondary N) is 1. The van der Waals surface area contributed by atoms with Crippen LogP contribution in [0, 0.1) is 29.9 Å². The quantitative estimate of drug-likeness (QED) is 0.758. The van der Waals surface area contributed by atoms with E-state index in [1.54, 1.807) is 31.2 Å². The number of hydrogen-bond donors (Lipinski definition) is 1. The lowest BCUT2D eigenvalue weighted by Gasteiger charge is -2.06. The van der Waals surface area contributed by atoms with Crippen LogP contribution in [0.2, 0.25) is 0 Å². The average Bonchev–Trinajstić information content (AvgIpc) is 3.17. The molecule has 1 N–H and O–H groups in total. The largest absolute Gasteiger partial charge is 0.348 e. The number of aryl methyl sites for hydroxylation is 1. The Morgan fingerprint density at radius 1 is 1.21 bits per heavy atom. The highest BCUT2D eigenvalue weighted by Crippen LogP contribution is 2.32. The van der Waals surface area contributed by atoms with E-state index in [9.17, 15) is 13.6 Å². The van der Waals surface area contributed by atoms with Crippen LogP contribution in [-0.4, -0.2) is 21.6 Å². The Morgan fingerprint density at radius 3 is 2.64 bits per heavy atom. The predicted octanol–water partition coefficient (Wildman–Crippen LogP) is 3.53. The zero-order valence-corrected chi connectivity index (χ0v) is 14.7. The van der Waals surface area contributed by atoms with Gasteiger partial charge in [0.05, 0.1) is 23.9 Å². The van der Waals surface area contributed by atoms with Crippen LogP contribution in [0.4, 0.5) is 13.6 Å². The van der Waals surface area contributed by atoms with Gasteiger partial charge in [-0.2, -0.15) is 15.0 Å². The van der Waals surface area contributed by atoms with Crippen molar-refractivity contribution in [1.29, 1.82) is 5.26 Å². The SMILES string of the molecule is Cc1nn2c(c1-c1ccc(F)cc1F)C(=NCc1ccc(C#N)cc1)NC2=O. The molecule has 0 unspecified atom stereocenters. The van der Waals surface area contributed by atoms with Crippen molar-refractivity contribution < 1.29 is 13.6 Å². The average molecular weight is 377 g/mol. The molecule has 0 fully saturated rings. The van der Waals surface area contributed by atoms with Gasteiger partial charge >= 0.3 is 6.03 Å². The van der Waals surface area contributed by atoms with Crippen LogP contribution in [-0.2, 0) is 6.54 Å². The van der Waals surface area contributed by atoms with E-state index >= 15 is 0 Å². The molecule has 0 bridgehead atoms. The lowest BCUT2D eigenvalue weighted by Crippen LogP contribution is -2.24. The van der Waals surface area contributed by atoms with E-state index in [1.165, 1.54) is 6.07 Å². The molecular formula is C20H13F2N5O. The fourth-order valence-corrected chi connectivity index (χ4v) is 3.09. The summed E-state index contributed by atoms with van der Waals surface area (Å²) in [5.41, 5.74) is 2.67. The Kier molecular flexibility index (Phi) is 4.20. The third-order valence-corrected chi connectivity index (χ3v) is 4.41. The second-order valence-corrected chi connectivity index (χ2v) is 6.25. The van der Waals surface area contributed by atoms with Crippen LogP contribution in [0.3, 0.4) is 0 Å². The van der Waals surface area contributed by atoms with Gasteiger partial charge in [0, 0.05) is 17.2 Å². The van der Waals surface area contributed by atoms with Crippen LogP contribution in [0.25, 0.3) is 11.1 Å². The van der Waals surface area contributed by atoms with Crippen molar-refractivity contribution >= 4 is 11.9 Å². The van der Waals surface area contributed by atoms with Gasteiger partial charge in [-0.25, -0.2) is 13.6 Å². The number of aromatic nitrogens is 2. The fraction of sp³-hybridized carbons (Fsp3) is 0.100. The first kappa shape index (κ1) is 17.5. The van der Waals surface area contributed by atoms with Gasteiger partial charge in [-0.1, -0.05) is 12.1 Å². The summed E-state index contributed by atoms with van der Waals surface area (Å²) in [7, 11) is 0. The van der Waals surface area contributed by atoms with Crippen molar-refractivity contribution in [2.24, 2.45) is 4.99 Å². The Balaban J connectivity index is 1.76. The van der Waals surface area contributed by atoms with Gasteiger partial charge in [0.25, 0.3) is 0 Å². The van der Waals surface area contributed by atoms with Gasteiger partial charge in [-0.3, -0.25) is 10.3 Å². The van der Waals surface area contributed by atoms with Gasteiger partial charge in [0.2, 0.25) is 0 Å². The monoisotopic (exact) mass is 377 g/mol. The standard InChI is InChI=1S/C20H13F2N5O/c1-11-17(15-7-6-14(21)8-16(15)22)18-19(25-20(28)27(18)26-11)24-10-13-4-2-12(9-23)3-5-13/h2-8H,10H2,1H3,(H,24,25,28). The van der Waals surface area contributed by atoms with E-state index in [4.69, 9.17) is 5.26 Å². The first-order chi connectivity index (χ1) is 13.5. The number of nitriles is 1. The molecular weight excluding hydrogens is 364 g/mol. The maximum atomic E-state index is 14.4. The number of fused-ring (bicyclic) bond motifs is 1. The molecule has 0 saturated heterocycles. The molecule has 1 aliphatic heterocycles. The molecule has 3 aromatic rings. The summed E-state index contributed by atoms with van der Waals surface area (Å²) in [5, 5.41) is 15.7. The van der Waals surface area contributed by atoms with Crippen molar-refractivity contribution in [3.8, 4) is 17.2 Å². The van der Waals surface area contributed by atoms with Gasteiger partial charge < -0.3 is 0 Å². The molecule has 1 amide bonds. The molecule has 0 aliphatic carbocycles. The minimum absolute atomic E-state index is 0.141. The minimum Gasteiger partial charge on any atom is -0.289 e. The smallest absolute Gasteiger partial charge is 0.289 e. The molecule has 2 aromatic carbocycles. The van der Waals surface area contributed by atoms with Crippen molar-refractivity contribution in [3.05, 3.63) is 76.6 Å². The van der Waals surface area contributed by atoms with Crippen molar-refractivity contribution in [2.45, 2.75) is 13.5 Å². The number of aliphatic imine (C=N–C) groups is 1. The molecule has 2 heterocycles. The van der Waals surface area contributed by atoms with E-state index in [2.05, 4.69) is 15.4 Å². The number of nitrogens with zero attached hydrogens (tertiary/aromatic N) is 4. The van der Waals surface area contributed by atoms with Crippen molar-refractivity contribution in [3.63, 3.8) is 0 Å². The van der Waals surface area contributed by atoms with Gasteiger partial charge in [-0.15, -0.1) is 0 Å². The third kappa shape index (κ3) is 2.93. The maximum absolute atomic E-state index is 14.4. The van der Waals surface area contributed by atoms with E-state index in [0.29, 0.717) is 22.5 Å². The number of carbonyl (C=O) groups excluding carboxylic acids is 1. The molecule has 1 aromatic heterocycles. The number of hydrogen-bond acceptors (Lipinski definition) is 4. The zero-order chi connectivity index (χ0) is 19.8. The Bertz CT molecular complexity index is 1170. The number of amides is 1. The van der Waals surface area contributed by atoms with Crippen LogP contribution in [0.5, 0.6) is 0 Å². The molecule has 6 nitrogen and oxygen atoms in total. The molecule has 0 spiro atoms. The highest BCUT2D eigenvalue weighted by atomic mass is 19.1. The summed E-state index contributed by atoms with van der Waals surface area (Å²) >= 11 is 0. The fourth-order valence-electron chi connectivity index (χ4n) is 3.09. The molecule has 8 heteroatoms. The molecule has 4 rings (SSSR count). The molecule has 28 heavy (non-hydrogen) atoms. The van der Waals surface area contributed by atoms with E-state index < -0.39 is 17.7 Å². The molecule has 138 valence electrons. The van der Waals surface area contributed by atoms with Gasteiger partial charge in [-0.05, 0) is 36.8 Å². The Hall–Kier alpha value is -3.86. The summed E-state index contributed by atoms with van der Waals surface area (Å²) in [6.45, 7) is 1.89. The first-order valence-corrected chi connectivity index (χ1v) is 8.38. The highest BCUT2D eigenvalue weighted by molar-refractivity contribution is 6.17. The Labute approximate surface area is 158 Å². The number of carbonyl (C=O) groups is 1. The minimum atomic E-state index is -0.746. The van der Waals surface area contributed by atoms with Crippen molar-refractivity contribution in [2.75, 3.05) is 0 Å². The lowest BCUT2D eigenvalue weighted by atomic mass is 10.0. The van der Waals surface area contributed by atoms with Crippen LogP contribution in [0.15, 0.2) is 47.5 Å². The number of amidine groups is 1. The molecule has 0 radical (unpaired) electrons. The van der Waals surface area contributed by atoms with E-state index in [-0.39, 0.29) is 17.9 Å². The molecule has 1 aliphatic rings. The predicted molar refractivity (Wildman–Crippen MR) is 97.6 cm³/mol. The van der Waals surface area contributed by atoms with E-state index in [1.807, 2.05) is 6.07 Å². The van der Waals surface area contributed by atoms with Gasteiger partial charge in [0.1, 0.15) is 17.3 Å². The zero-order valence-electron chi connectivity index (χ0n) is 14.7. The maximum Gasteiger partial charge on any atom is 0.348 e.